The smallest absolute Gasteiger partial charge is 0.0493 e. The van der Waals surface area contributed by atoms with Gasteiger partial charge < -0.3 is 5.11 Å². The molecule has 0 heterocycles. The van der Waals surface area contributed by atoms with E-state index in [1.165, 1.54) is 76.2 Å². The standard InChI is InChI=1S/C30H50O/c1-6-9-23(22(3)20-31)12-11-21(2)26-15-16-27-25-14-13-24-10-7-8-18-29(24,4)28(25)17-19-30(26,27)5/h9,13,21-22,25-28,31H,6-8,10-12,14-20H2,1-5H3/b23-9+/t21-,22?,25+,26-,27+,28+,29+,30-/m1/s1. The minimum atomic E-state index is 0.292. The Kier molecular flexibility index (Phi) is 7.12. The minimum Gasteiger partial charge on any atom is -0.396 e. The molecule has 0 amide bonds. The highest BCUT2D eigenvalue weighted by molar-refractivity contribution is 5.24. The van der Waals surface area contributed by atoms with E-state index >= 15 is 0 Å². The average Bonchev–Trinajstić information content (AvgIpc) is 3.12. The lowest BCUT2D eigenvalue weighted by Crippen LogP contribution is -2.50. The van der Waals surface area contributed by atoms with Gasteiger partial charge in [0.05, 0.1) is 0 Å². The van der Waals surface area contributed by atoms with E-state index in [9.17, 15) is 5.11 Å². The highest BCUT2D eigenvalue weighted by Gasteiger charge is 2.58. The highest BCUT2D eigenvalue weighted by atomic mass is 16.3. The Balaban J connectivity index is 1.46. The lowest BCUT2D eigenvalue weighted by molar-refractivity contribution is -0.0498. The maximum absolute atomic E-state index is 9.67. The monoisotopic (exact) mass is 426 g/mol. The SMILES string of the molecule is CC/C=C(\CC[C@@H](C)[C@H]1CC[C@H]2[C@@H]3CC=C4CCCC[C@]4(C)[C@H]3CC[C@]12C)C(C)CO. The Labute approximate surface area is 193 Å². The molecule has 0 radical (unpaired) electrons. The van der Waals surface area contributed by atoms with Crippen LogP contribution in [0.2, 0.25) is 0 Å². The average molecular weight is 427 g/mol. The van der Waals surface area contributed by atoms with Gasteiger partial charge in [-0.25, -0.2) is 0 Å². The van der Waals surface area contributed by atoms with Crippen LogP contribution in [-0.2, 0) is 0 Å². The van der Waals surface area contributed by atoms with Gasteiger partial charge in [0.25, 0.3) is 0 Å². The first kappa shape index (κ1) is 23.6. The van der Waals surface area contributed by atoms with E-state index in [0.29, 0.717) is 23.4 Å². The molecule has 4 rings (SSSR count). The third-order valence-electron chi connectivity index (χ3n) is 11.0. The quantitative estimate of drug-likeness (QED) is 0.406. The molecule has 0 aromatic carbocycles. The molecule has 3 saturated carbocycles. The molecule has 4 aliphatic rings. The van der Waals surface area contributed by atoms with Crippen LogP contribution in [0.25, 0.3) is 0 Å². The molecule has 0 saturated heterocycles. The van der Waals surface area contributed by atoms with Crippen molar-refractivity contribution in [2.45, 2.75) is 112 Å². The summed E-state index contributed by atoms with van der Waals surface area (Å²) in [4.78, 5) is 0. The normalized spacial score (nSPS) is 42.3. The number of allylic oxidation sites excluding steroid dienone is 3. The second-order valence-electron chi connectivity index (χ2n) is 12.5. The summed E-state index contributed by atoms with van der Waals surface area (Å²) in [7, 11) is 0. The lowest BCUT2D eigenvalue weighted by atomic mass is 9.47. The maximum Gasteiger partial charge on any atom is 0.0493 e. The zero-order chi connectivity index (χ0) is 22.2. The van der Waals surface area contributed by atoms with Gasteiger partial charge in [0.15, 0.2) is 0 Å². The fraction of sp³-hybridized carbons (Fsp3) is 0.867. The summed E-state index contributed by atoms with van der Waals surface area (Å²) < 4.78 is 0. The first-order valence-corrected chi connectivity index (χ1v) is 13.8. The van der Waals surface area contributed by atoms with Gasteiger partial charge in [0.2, 0.25) is 0 Å². The van der Waals surface area contributed by atoms with Crippen molar-refractivity contribution in [1.82, 2.24) is 0 Å². The largest absolute Gasteiger partial charge is 0.396 e. The van der Waals surface area contributed by atoms with E-state index in [2.05, 4.69) is 46.8 Å². The molecule has 1 nitrogen and oxygen atoms in total. The summed E-state index contributed by atoms with van der Waals surface area (Å²) in [5.74, 6) is 4.90. The van der Waals surface area contributed by atoms with Gasteiger partial charge in [0.1, 0.15) is 0 Å². The second kappa shape index (κ2) is 9.36. The van der Waals surface area contributed by atoms with Crippen molar-refractivity contribution in [1.29, 1.82) is 0 Å². The summed E-state index contributed by atoms with van der Waals surface area (Å²) >= 11 is 0. The zero-order valence-electron chi connectivity index (χ0n) is 21.3. The summed E-state index contributed by atoms with van der Waals surface area (Å²) in [6.07, 6.45) is 21.7. The van der Waals surface area contributed by atoms with E-state index < -0.39 is 0 Å². The van der Waals surface area contributed by atoms with Gasteiger partial charge in [0, 0.05) is 12.5 Å². The van der Waals surface area contributed by atoms with E-state index in [1.807, 2.05) is 5.57 Å². The van der Waals surface area contributed by atoms with Crippen LogP contribution in [0.1, 0.15) is 112 Å². The third-order valence-corrected chi connectivity index (χ3v) is 11.0. The van der Waals surface area contributed by atoms with Crippen molar-refractivity contribution in [2.75, 3.05) is 6.61 Å². The highest BCUT2D eigenvalue weighted by Crippen LogP contribution is 2.67. The maximum atomic E-state index is 9.67. The predicted molar refractivity (Wildman–Crippen MR) is 133 cm³/mol. The molecule has 176 valence electrons. The van der Waals surface area contributed by atoms with Crippen molar-refractivity contribution < 1.29 is 5.11 Å². The molecule has 1 N–H and O–H groups in total. The second-order valence-corrected chi connectivity index (χ2v) is 12.5. The van der Waals surface area contributed by atoms with Crippen LogP contribution >= 0.6 is 0 Å². The van der Waals surface area contributed by atoms with Crippen LogP contribution in [0, 0.1) is 46.3 Å². The number of hydrogen-bond acceptors (Lipinski definition) is 1. The van der Waals surface area contributed by atoms with E-state index in [0.717, 1.165) is 36.0 Å². The van der Waals surface area contributed by atoms with Crippen molar-refractivity contribution in [3.8, 4) is 0 Å². The van der Waals surface area contributed by atoms with Gasteiger partial charge in [-0.1, -0.05) is 64.3 Å². The molecule has 0 aromatic heterocycles. The van der Waals surface area contributed by atoms with Gasteiger partial charge in [-0.3, -0.25) is 0 Å². The topological polar surface area (TPSA) is 20.2 Å². The fourth-order valence-electron chi connectivity index (χ4n) is 9.20. The van der Waals surface area contributed by atoms with Gasteiger partial charge in [-0.2, -0.15) is 0 Å². The molecule has 1 heteroatoms. The van der Waals surface area contributed by atoms with Crippen molar-refractivity contribution in [2.24, 2.45) is 46.3 Å². The van der Waals surface area contributed by atoms with Crippen LogP contribution in [0.4, 0.5) is 0 Å². The summed E-state index contributed by atoms with van der Waals surface area (Å²) in [5, 5.41) is 9.67. The number of aliphatic hydroxyl groups is 1. The first-order valence-electron chi connectivity index (χ1n) is 13.8. The minimum absolute atomic E-state index is 0.292. The third kappa shape index (κ3) is 4.11. The molecule has 3 fully saturated rings. The lowest BCUT2D eigenvalue weighted by Gasteiger charge is -2.58. The van der Waals surface area contributed by atoms with E-state index in [1.54, 1.807) is 0 Å². The molecule has 0 aromatic rings. The van der Waals surface area contributed by atoms with Crippen LogP contribution < -0.4 is 0 Å². The Morgan fingerprint density at radius 3 is 2.68 bits per heavy atom. The molecule has 0 spiro atoms. The molecule has 8 atom stereocenters. The van der Waals surface area contributed by atoms with Gasteiger partial charge in [-0.05, 0) is 111 Å². The Hall–Kier alpha value is -0.560. The van der Waals surface area contributed by atoms with Gasteiger partial charge in [-0.15, -0.1) is 0 Å². The number of aliphatic hydroxyl groups excluding tert-OH is 1. The van der Waals surface area contributed by atoms with E-state index in [-0.39, 0.29) is 0 Å². The number of rotatable bonds is 7. The van der Waals surface area contributed by atoms with Crippen molar-refractivity contribution in [3.63, 3.8) is 0 Å². The fourth-order valence-corrected chi connectivity index (χ4v) is 9.20. The van der Waals surface area contributed by atoms with Gasteiger partial charge >= 0.3 is 0 Å². The first-order chi connectivity index (χ1) is 14.8. The molecular formula is C30H50O. The van der Waals surface area contributed by atoms with Crippen LogP contribution in [0.3, 0.4) is 0 Å². The Bertz CT molecular complexity index is 689. The van der Waals surface area contributed by atoms with Crippen molar-refractivity contribution >= 4 is 0 Å². The number of fused-ring (bicyclic) bond motifs is 5. The Morgan fingerprint density at radius 1 is 1.13 bits per heavy atom. The Morgan fingerprint density at radius 2 is 1.94 bits per heavy atom. The summed E-state index contributed by atoms with van der Waals surface area (Å²) in [6.45, 7) is 12.6. The van der Waals surface area contributed by atoms with Crippen molar-refractivity contribution in [3.05, 3.63) is 23.3 Å². The molecule has 0 bridgehead atoms. The van der Waals surface area contributed by atoms with Crippen LogP contribution in [0.5, 0.6) is 0 Å². The van der Waals surface area contributed by atoms with Crippen LogP contribution in [-0.4, -0.2) is 11.7 Å². The molecular weight excluding hydrogens is 376 g/mol. The predicted octanol–water partition coefficient (Wildman–Crippen LogP) is 8.34. The van der Waals surface area contributed by atoms with Crippen LogP contribution in [0.15, 0.2) is 23.3 Å². The molecule has 0 aliphatic heterocycles. The molecule has 31 heavy (non-hydrogen) atoms. The molecule has 1 unspecified atom stereocenters. The summed E-state index contributed by atoms with van der Waals surface area (Å²) in [6, 6.07) is 0. The zero-order valence-corrected chi connectivity index (χ0v) is 21.3. The van der Waals surface area contributed by atoms with E-state index in [4.69, 9.17) is 0 Å². The molecule has 4 aliphatic carbocycles. The number of hydrogen-bond donors (Lipinski definition) is 1. The summed E-state index contributed by atoms with van der Waals surface area (Å²) in [5.41, 5.74) is 4.44.